The smallest absolute Gasteiger partial charge is 0.171 e. The molecular weight excluding hydrogens is 325 g/mol. The number of hydrogen-bond donors (Lipinski definition) is 0. The Balaban J connectivity index is 1.92. The summed E-state index contributed by atoms with van der Waals surface area (Å²) in [4.78, 5) is 1.41. The molecule has 0 amide bonds. The molecule has 1 aromatic heterocycles. The van der Waals surface area contributed by atoms with Gasteiger partial charge in [-0.15, -0.1) is 11.3 Å². The normalized spacial score (nSPS) is 27.1. The summed E-state index contributed by atoms with van der Waals surface area (Å²) >= 11 is 5.26. The first kappa shape index (κ1) is 14.4. The van der Waals surface area contributed by atoms with Crippen LogP contribution in [0.2, 0.25) is 0 Å². The molecule has 1 aliphatic carbocycles. The van der Waals surface area contributed by atoms with Crippen molar-refractivity contribution >= 4 is 27.3 Å². The minimum atomic E-state index is -4.02. The van der Waals surface area contributed by atoms with Crippen LogP contribution in [-0.2, 0) is 6.42 Å². The van der Waals surface area contributed by atoms with Crippen LogP contribution in [0.25, 0.3) is 0 Å². The van der Waals surface area contributed by atoms with Gasteiger partial charge in [0.15, 0.2) is 0 Å². The minimum absolute atomic E-state index is 0.146. The molecule has 2 rings (SSSR count). The first-order valence-corrected chi connectivity index (χ1v) is 7.99. The van der Waals surface area contributed by atoms with Gasteiger partial charge in [0.1, 0.15) is 0 Å². The molecule has 3 atom stereocenters. The van der Waals surface area contributed by atoms with Gasteiger partial charge in [-0.05, 0) is 43.0 Å². The van der Waals surface area contributed by atoms with E-state index in [1.807, 2.05) is 17.5 Å². The van der Waals surface area contributed by atoms with Crippen LogP contribution in [0.3, 0.4) is 0 Å². The lowest BCUT2D eigenvalue weighted by molar-refractivity contribution is -0.185. The van der Waals surface area contributed by atoms with Crippen molar-refractivity contribution in [1.82, 2.24) is 0 Å². The second kappa shape index (κ2) is 5.95. The third kappa shape index (κ3) is 3.73. The molecule has 0 radical (unpaired) electrons. The van der Waals surface area contributed by atoms with Gasteiger partial charge < -0.3 is 0 Å². The fourth-order valence-electron chi connectivity index (χ4n) is 2.64. The van der Waals surface area contributed by atoms with E-state index in [1.54, 1.807) is 11.3 Å². The topological polar surface area (TPSA) is 0 Å². The molecule has 0 nitrogen and oxygen atoms in total. The predicted molar refractivity (Wildman–Crippen MR) is 72.2 cm³/mol. The van der Waals surface area contributed by atoms with Crippen LogP contribution in [0.5, 0.6) is 0 Å². The Labute approximate surface area is 118 Å². The van der Waals surface area contributed by atoms with Crippen LogP contribution in [0, 0.1) is 11.8 Å². The summed E-state index contributed by atoms with van der Waals surface area (Å²) in [6.45, 7) is 0. The molecule has 1 saturated carbocycles. The lowest BCUT2D eigenvalue weighted by Gasteiger charge is -2.33. The Morgan fingerprint density at radius 1 is 1.39 bits per heavy atom. The molecule has 1 heterocycles. The second-order valence-electron chi connectivity index (χ2n) is 4.96. The van der Waals surface area contributed by atoms with Crippen molar-refractivity contribution in [1.29, 1.82) is 0 Å². The van der Waals surface area contributed by atoms with Crippen LogP contribution in [0.4, 0.5) is 13.2 Å². The molecule has 0 saturated heterocycles. The first-order chi connectivity index (χ1) is 8.47. The zero-order chi connectivity index (χ0) is 13.2. The van der Waals surface area contributed by atoms with E-state index in [2.05, 4.69) is 15.9 Å². The van der Waals surface area contributed by atoms with Crippen molar-refractivity contribution < 1.29 is 13.2 Å². The molecule has 102 valence electrons. The maximum atomic E-state index is 12.7. The average Bonchev–Trinajstić information content (AvgIpc) is 2.81. The maximum absolute atomic E-state index is 12.7. The lowest BCUT2D eigenvalue weighted by Crippen LogP contribution is -2.32. The molecule has 1 aliphatic rings. The van der Waals surface area contributed by atoms with Gasteiger partial charge in [0.05, 0.1) is 5.92 Å². The summed E-state index contributed by atoms with van der Waals surface area (Å²) in [5, 5.41) is 2.01. The van der Waals surface area contributed by atoms with E-state index < -0.39 is 12.1 Å². The maximum Gasteiger partial charge on any atom is 0.391 e. The van der Waals surface area contributed by atoms with Crippen molar-refractivity contribution in [3.63, 3.8) is 0 Å². The highest BCUT2D eigenvalue weighted by Crippen LogP contribution is 2.42. The standard InChI is InChI=1S/C13H16BrF3S/c14-12(8-11-5-2-6-18-11)9-3-1-4-10(7-9)13(15,16)17/h2,5-6,9-10,12H,1,3-4,7-8H2. The van der Waals surface area contributed by atoms with Gasteiger partial charge in [-0.1, -0.05) is 28.4 Å². The summed E-state index contributed by atoms with van der Waals surface area (Å²) in [6.07, 6.45) is -0.986. The van der Waals surface area contributed by atoms with E-state index in [-0.39, 0.29) is 17.2 Å². The Kier molecular flexibility index (Phi) is 4.75. The fraction of sp³-hybridized carbons (Fsp3) is 0.692. The number of rotatable bonds is 3. The van der Waals surface area contributed by atoms with E-state index in [0.717, 1.165) is 12.8 Å². The van der Waals surface area contributed by atoms with Gasteiger partial charge in [-0.25, -0.2) is 0 Å². The van der Waals surface area contributed by atoms with Gasteiger partial charge in [0.2, 0.25) is 0 Å². The van der Waals surface area contributed by atoms with Crippen molar-refractivity contribution in [2.45, 2.75) is 43.1 Å². The Hall–Kier alpha value is -0.0300. The molecule has 1 fully saturated rings. The number of halogens is 4. The lowest BCUT2D eigenvalue weighted by atomic mass is 9.79. The van der Waals surface area contributed by atoms with Crippen molar-refractivity contribution in [2.75, 3.05) is 0 Å². The molecule has 0 aromatic carbocycles. The monoisotopic (exact) mass is 340 g/mol. The van der Waals surface area contributed by atoms with E-state index >= 15 is 0 Å². The highest BCUT2D eigenvalue weighted by atomic mass is 79.9. The van der Waals surface area contributed by atoms with E-state index in [9.17, 15) is 13.2 Å². The first-order valence-electron chi connectivity index (χ1n) is 6.20. The summed E-state index contributed by atoms with van der Waals surface area (Å²) in [7, 11) is 0. The molecule has 0 spiro atoms. The average molecular weight is 341 g/mol. The minimum Gasteiger partial charge on any atom is -0.171 e. The summed E-state index contributed by atoms with van der Waals surface area (Å²) < 4.78 is 38.2. The Morgan fingerprint density at radius 2 is 2.17 bits per heavy atom. The summed E-state index contributed by atoms with van der Waals surface area (Å²) in [6, 6.07) is 4.03. The van der Waals surface area contributed by atoms with Gasteiger partial charge in [-0.2, -0.15) is 13.2 Å². The highest BCUT2D eigenvalue weighted by Gasteiger charge is 2.43. The summed E-state index contributed by atoms with van der Waals surface area (Å²) in [5.74, 6) is -0.952. The van der Waals surface area contributed by atoms with E-state index in [4.69, 9.17) is 0 Å². The highest BCUT2D eigenvalue weighted by molar-refractivity contribution is 9.09. The largest absolute Gasteiger partial charge is 0.391 e. The van der Waals surface area contributed by atoms with Crippen LogP contribution in [0.15, 0.2) is 17.5 Å². The molecule has 3 unspecified atom stereocenters. The third-order valence-corrected chi connectivity index (χ3v) is 5.64. The van der Waals surface area contributed by atoms with Crippen LogP contribution in [0.1, 0.15) is 30.6 Å². The molecule has 0 aliphatic heterocycles. The number of thiophene rings is 1. The van der Waals surface area contributed by atoms with Crippen LogP contribution >= 0.6 is 27.3 Å². The van der Waals surface area contributed by atoms with E-state index in [1.165, 1.54) is 4.88 Å². The molecular formula is C13H16BrF3S. The molecule has 0 N–H and O–H groups in total. The zero-order valence-electron chi connectivity index (χ0n) is 9.92. The second-order valence-corrected chi connectivity index (χ2v) is 7.17. The Morgan fingerprint density at radius 3 is 2.78 bits per heavy atom. The molecule has 18 heavy (non-hydrogen) atoms. The van der Waals surface area contributed by atoms with Crippen molar-refractivity contribution in [3.8, 4) is 0 Å². The predicted octanol–water partition coefficient (Wildman–Crippen LogP) is 5.42. The van der Waals surface area contributed by atoms with Gasteiger partial charge in [0.25, 0.3) is 0 Å². The zero-order valence-corrected chi connectivity index (χ0v) is 12.3. The molecule has 5 heteroatoms. The molecule has 1 aromatic rings. The van der Waals surface area contributed by atoms with Gasteiger partial charge in [-0.3, -0.25) is 0 Å². The quantitative estimate of drug-likeness (QED) is 0.644. The van der Waals surface area contributed by atoms with Crippen molar-refractivity contribution in [3.05, 3.63) is 22.4 Å². The summed E-state index contributed by atoms with van der Waals surface area (Å²) in [5.41, 5.74) is 0. The number of alkyl halides is 4. The number of hydrogen-bond acceptors (Lipinski definition) is 1. The van der Waals surface area contributed by atoms with E-state index in [0.29, 0.717) is 12.8 Å². The SMILES string of the molecule is FC(F)(F)C1CCCC(C(Br)Cc2cccs2)C1. The van der Waals surface area contributed by atoms with Crippen LogP contribution in [-0.4, -0.2) is 11.0 Å². The third-order valence-electron chi connectivity index (χ3n) is 3.67. The Bertz CT molecular complexity index is 361. The fourth-order valence-corrected chi connectivity index (χ4v) is 4.45. The van der Waals surface area contributed by atoms with Crippen molar-refractivity contribution in [2.24, 2.45) is 11.8 Å². The van der Waals surface area contributed by atoms with Gasteiger partial charge >= 0.3 is 6.18 Å². The van der Waals surface area contributed by atoms with Gasteiger partial charge in [0, 0.05) is 9.70 Å². The molecule has 0 bridgehead atoms. The van der Waals surface area contributed by atoms with Crippen LogP contribution < -0.4 is 0 Å².